The maximum atomic E-state index is 12.6. The second kappa shape index (κ2) is 6.31. The van der Waals surface area contributed by atoms with E-state index >= 15 is 0 Å². The number of para-hydroxylation sites is 1. The summed E-state index contributed by atoms with van der Waals surface area (Å²) in [6, 6.07) is 7.50. The first kappa shape index (κ1) is 16.0. The van der Waals surface area contributed by atoms with Crippen molar-refractivity contribution in [1.29, 1.82) is 0 Å². The Balaban J connectivity index is 1.71. The quantitative estimate of drug-likeness (QED) is 0.575. The Morgan fingerprint density at radius 3 is 2.75 bits per heavy atom. The van der Waals surface area contributed by atoms with Crippen LogP contribution in [0.3, 0.4) is 0 Å². The number of ether oxygens (including phenoxy) is 1. The van der Waals surface area contributed by atoms with E-state index in [1.54, 1.807) is 27.0 Å². The molecule has 0 fully saturated rings. The summed E-state index contributed by atoms with van der Waals surface area (Å²) in [4.78, 5) is 27.7. The second-order valence-corrected chi connectivity index (χ2v) is 5.72. The molecule has 6 heteroatoms. The summed E-state index contributed by atoms with van der Waals surface area (Å²) in [6.45, 7) is 5.08. The largest absolute Gasteiger partial charge is 0.454 e. The summed E-state index contributed by atoms with van der Waals surface area (Å²) in [7, 11) is 0. The number of ketones is 1. The topological polar surface area (TPSA) is 85.2 Å². The Hall–Kier alpha value is -2.89. The lowest BCUT2D eigenvalue weighted by molar-refractivity contribution is -0.145. The van der Waals surface area contributed by atoms with E-state index in [1.165, 1.54) is 0 Å². The molecule has 2 aromatic heterocycles. The van der Waals surface area contributed by atoms with E-state index in [0.29, 0.717) is 22.6 Å². The molecule has 1 N–H and O–H groups in total. The van der Waals surface area contributed by atoms with Gasteiger partial charge in [0.1, 0.15) is 5.76 Å². The molecule has 3 aromatic rings. The lowest BCUT2D eigenvalue weighted by Crippen LogP contribution is -2.25. The highest BCUT2D eigenvalue weighted by Gasteiger charge is 2.23. The number of aryl methyl sites for hydroxylation is 2. The van der Waals surface area contributed by atoms with Gasteiger partial charge in [0.15, 0.2) is 6.10 Å². The lowest BCUT2D eigenvalue weighted by Gasteiger charge is -2.12. The number of aromatic amines is 1. The van der Waals surface area contributed by atoms with Crippen LogP contribution in [0.15, 0.2) is 35.0 Å². The van der Waals surface area contributed by atoms with Crippen molar-refractivity contribution in [2.45, 2.75) is 33.3 Å². The van der Waals surface area contributed by atoms with Gasteiger partial charge in [0.25, 0.3) is 0 Å². The third-order valence-corrected chi connectivity index (χ3v) is 4.03. The fraction of sp³-hybridized carbons (Fsp3) is 0.278. The molecule has 0 spiro atoms. The molecule has 2 heterocycles. The van der Waals surface area contributed by atoms with Gasteiger partial charge in [-0.15, -0.1) is 0 Å². The van der Waals surface area contributed by atoms with E-state index < -0.39 is 12.1 Å². The zero-order chi connectivity index (χ0) is 17.3. The second-order valence-electron chi connectivity index (χ2n) is 5.72. The Morgan fingerprint density at radius 2 is 2.04 bits per heavy atom. The molecule has 1 aromatic carbocycles. The maximum absolute atomic E-state index is 12.6. The van der Waals surface area contributed by atoms with Crippen LogP contribution in [0, 0.1) is 13.8 Å². The Bertz CT molecular complexity index is 887. The summed E-state index contributed by atoms with van der Waals surface area (Å²) in [5.74, 6) is -0.135. The van der Waals surface area contributed by atoms with E-state index in [4.69, 9.17) is 9.26 Å². The molecule has 0 unspecified atom stereocenters. The average Bonchev–Trinajstić information content (AvgIpc) is 3.12. The summed E-state index contributed by atoms with van der Waals surface area (Å²) >= 11 is 0. The Kier molecular flexibility index (Phi) is 4.20. The van der Waals surface area contributed by atoms with Crippen LogP contribution < -0.4 is 0 Å². The van der Waals surface area contributed by atoms with E-state index in [1.807, 2.05) is 24.3 Å². The van der Waals surface area contributed by atoms with Crippen LogP contribution in [0.25, 0.3) is 10.9 Å². The highest BCUT2D eigenvalue weighted by Crippen LogP contribution is 2.20. The van der Waals surface area contributed by atoms with Gasteiger partial charge < -0.3 is 14.2 Å². The molecule has 0 amide bonds. The van der Waals surface area contributed by atoms with Crippen LogP contribution in [-0.2, 0) is 16.0 Å². The van der Waals surface area contributed by atoms with Crippen LogP contribution in [0.4, 0.5) is 0 Å². The smallest absolute Gasteiger partial charge is 0.311 e. The lowest BCUT2D eigenvalue weighted by atomic mass is 10.1. The van der Waals surface area contributed by atoms with Crippen LogP contribution >= 0.6 is 0 Å². The van der Waals surface area contributed by atoms with Crippen LogP contribution in [0.5, 0.6) is 0 Å². The summed E-state index contributed by atoms with van der Waals surface area (Å²) < 4.78 is 10.3. The molecule has 3 rings (SSSR count). The van der Waals surface area contributed by atoms with Gasteiger partial charge in [-0.05, 0) is 26.8 Å². The van der Waals surface area contributed by atoms with Crippen molar-refractivity contribution in [2.75, 3.05) is 0 Å². The van der Waals surface area contributed by atoms with Crippen molar-refractivity contribution in [3.05, 3.63) is 53.0 Å². The number of carbonyl (C=O) groups excluding carboxylic acids is 2. The third-order valence-electron chi connectivity index (χ3n) is 4.03. The molecular weight excluding hydrogens is 308 g/mol. The molecule has 124 valence electrons. The normalized spacial score (nSPS) is 12.3. The molecule has 0 radical (unpaired) electrons. The number of aromatic nitrogens is 2. The molecule has 0 aliphatic rings. The highest BCUT2D eigenvalue weighted by molar-refractivity contribution is 6.10. The Labute approximate surface area is 138 Å². The molecular formula is C18H18N2O4. The number of carbonyl (C=O) groups is 2. The van der Waals surface area contributed by atoms with Gasteiger partial charge in [0.2, 0.25) is 5.78 Å². The van der Waals surface area contributed by atoms with Gasteiger partial charge in [-0.25, -0.2) is 0 Å². The van der Waals surface area contributed by atoms with Crippen LogP contribution in [0.1, 0.15) is 34.3 Å². The van der Waals surface area contributed by atoms with E-state index in [0.717, 1.165) is 10.9 Å². The summed E-state index contributed by atoms with van der Waals surface area (Å²) in [5, 5.41) is 4.62. The standard InChI is InChI=1S/C18H18N2O4/c1-10-14(11(2)24-20-10)8-17(21)23-12(3)18(22)15-9-19-16-7-5-4-6-13(15)16/h4-7,9,12,19H,8H2,1-3H3/t12-/m1/s1. The van der Waals surface area contributed by atoms with Crippen LogP contribution in [0.2, 0.25) is 0 Å². The zero-order valence-electron chi connectivity index (χ0n) is 13.8. The molecule has 0 aliphatic heterocycles. The van der Waals surface area contributed by atoms with E-state index in [2.05, 4.69) is 10.1 Å². The fourth-order valence-corrected chi connectivity index (χ4v) is 2.69. The molecule has 24 heavy (non-hydrogen) atoms. The van der Waals surface area contributed by atoms with Gasteiger partial charge in [-0.1, -0.05) is 23.4 Å². The number of benzene rings is 1. The van der Waals surface area contributed by atoms with Gasteiger partial charge in [-0.3, -0.25) is 9.59 Å². The predicted molar refractivity (Wildman–Crippen MR) is 87.9 cm³/mol. The fourth-order valence-electron chi connectivity index (χ4n) is 2.69. The molecule has 0 bridgehead atoms. The van der Waals surface area contributed by atoms with E-state index in [-0.39, 0.29) is 12.2 Å². The van der Waals surface area contributed by atoms with E-state index in [9.17, 15) is 9.59 Å². The number of esters is 1. The predicted octanol–water partition coefficient (Wildman–Crippen LogP) is 3.13. The van der Waals surface area contributed by atoms with Crippen molar-refractivity contribution in [3.8, 4) is 0 Å². The first-order valence-corrected chi connectivity index (χ1v) is 7.69. The first-order valence-electron chi connectivity index (χ1n) is 7.69. The van der Waals surface area contributed by atoms with Crippen molar-refractivity contribution in [2.24, 2.45) is 0 Å². The Morgan fingerprint density at radius 1 is 1.29 bits per heavy atom. The van der Waals surface area contributed by atoms with Gasteiger partial charge in [0, 0.05) is 28.2 Å². The number of fused-ring (bicyclic) bond motifs is 1. The zero-order valence-corrected chi connectivity index (χ0v) is 13.8. The summed E-state index contributed by atoms with van der Waals surface area (Å²) in [5.41, 5.74) is 2.74. The minimum Gasteiger partial charge on any atom is -0.454 e. The number of hydrogen-bond donors (Lipinski definition) is 1. The third kappa shape index (κ3) is 2.95. The van der Waals surface area contributed by atoms with Crippen molar-refractivity contribution >= 4 is 22.7 Å². The van der Waals surface area contributed by atoms with Crippen molar-refractivity contribution < 1.29 is 18.8 Å². The highest BCUT2D eigenvalue weighted by atomic mass is 16.5. The first-order chi connectivity index (χ1) is 11.5. The number of hydrogen-bond acceptors (Lipinski definition) is 5. The molecule has 6 nitrogen and oxygen atoms in total. The van der Waals surface area contributed by atoms with Gasteiger partial charge in [0.05, 0.1) is 12.1 Å². The number of H-pyrrole nitrogens is 1. The van der Waals surface area contributed by atoms with Crippen molar-refractivity contribution in [1.82, 2.24) is 10.1 Å². The molecule has 0 aliphatic carbocycles. The van der Waals surface area contributed by atoms with Crippen LogP contribution in [-0.4, -0.2) is 28.0 Å². The van der Waals surface area contributed by atoms with Gasteiger partial charge >= 0.3 is 5.97 Å². The van der Waals surface area contributed by atoms with Crippen molar-refractivity contribution in [3.63, 3.8) is 0 Å². The maximum Gasteiger partial charge on any atom is 0.311 e. The minimum atomic E-state index is -0.864. The minimum absolute atomic E-state index is 0.0344. The molecule has 1 atom stereocenters. The number of rotatable bonds is 5. The number of nitrogens with one attached hydrogen (secondary N) is 1. The molecule has 0 saturated heterocycles. The number of nitrogens with zero attached hydrogens (tertiary/aromatic N) is 1. The SMILES string of the molecule is Cc1noc(C)c1CC(=O)O[C@H](C)C(=O)c1c[nH]c2ccccc12. The number of Topliss-reactive ketones (excluding diaryl/α,β-unsaturated/α-hetero) is 1. The average molecular weight is 326 g/mol. The summed E-state index contributed by atoms with van der Waals surface area (Å²) in [6.07, 6.45) is 0.815. The molecule has 0 saturated carbocycles. The monoisotopic (exact) mass is 326 g/mol. The van der Waals surface area contributed by atoms with Gasteiger partial charge in [-0.2, -0.15) is 0 Å².